The molecule has 11 heteroatoms. The van der Waals surface area contributed by atoms with Crippen LogP contribution in [-0.4, -0.2) is 63.5 Å². The van der Waals surface area contributed by atoms with E-state index >= 15 is 0 Å². The van der Waals surface area contributed by atoms with Crippen molar-refractivity contribution in [1.82, 2.24) is 4.90 Å². The van der Waals surface area contributed by atoms with Crippen LogP contribution in [0.5, 0.6) is 0 Å². The largest absolute Gasteiger partial charge is 0.481 e. The van der Waals surface area contributed by atoms with Gasteiger partial charge in [0.2, 0.25) is 0 Å². The molecule has 0 aliphatic carbocycles. The van der Waals surface area contributed by atoms with E-state index in [9.17, 15) is 13.9 Å². The Kier molecular flexibility index (Phi) is 9.56. The van der Waals surface area contributed by atoms with Crippen molar-refractivity contribution in [3.8, 4) is 0 Å². The predicted octanol–water partition coefficient (Wildman–Crippen LogP) is 2.04. The number of carboxylic acid groups (broad SMARTS) is 1. The first-order valence-corrected chi connectivity index (χ1v) is 9.55. The molecule has 0 amide bonds. The zero-order valence-corrected chi connectivity index (χ0v) is 14.5. The second-order valence-electron chi connectivity index (χ2n) is 4.13. The summed E-state index contributed by atoms with van der Waals surface area (Å²) in [6, 6.07) is 0. The first-order chi connectivity index (χ1) is 9.74. The highest BCUT2D eigenvalue weighted by Gasteiger charge is 2.31. The maximum Gasteiger partial charge on any atom is 0.344 e. The summed E-state index contributed by atoms with van der Waals surface area (Å²) >= 11 is 0. The number of aliphatic carboxylic acids is 1. The van der Waals surface area contributed by atoms with Crippen LogP contribution in [0.15, 0.2) is 0 Å². The fourth-order valence-electron chi connectivity index (χ4n) is 1.51. The Labute approximate surface area is 124 Å². The van der Waals surface area contributed by atoms with Crippen LogP contribution in [0.25, 0.3) is 0 Å². The van der Waals surface area contributed by atoms with Gasteiger partial charge in [0, 0.05) is 41.4 Å². The van der Waals surface area contributed by atoms with Gasteiger partial charge in [-0.2, -0.15) is 0 Å². The number of carbonyl (C=O) groups is 1. The molecule has 0 aliphatic heterocycles. The number of carboxylic acids is 1. The van der Waals surface area contributed by atoms with Crippen LogP contribution in [0, 0.1) is 0 Å². The van der Waals surface area contributed by atoms with Gasteiger partial charge in [0.15, 0.2) is 0 Å². The minimum Gasteiger partial charge on any atom is -0.481 e. The SMILES string of the molecule is COP(=O)(CN(CCCC(=O)O)CP(=O)(OC)OC)OC. The highest BCUT2D eigenvalue weighted by Crippen LogP contribution is 2.51. The maximum atomic E-state index is 12.1. The van der Waals surface area contributed by atoms with Gasteiger partial charge in [0.05, 0.1) is 0 Å². The molecule has 0 radical (unpaired) electrons. The summed E-state index contributed by atoms with van der Waals surface area (Å²) in [6.07, 6.45) is -0.0616. The van der Waals surface area contributed by atoms with E-state index in [0.29, 0.717) is 0 Å². The minimum absolute atomic E-state index is 0.0645. The Bertz CT molecular complexity index is 372. The number of nitrogens with zero attached hydrogens (tertiary/aromatic N) is 1. The third-order valence-corrected chi connectivity index (χ3v) is 6.44. The average Bonchev–Trinajstić information content (AvgIpc) is 2.46. The summed E-state index contributed by atoms with van der Waals surface area (Å²) in [5.74, 6) is -0.946. The summed E-state index contributed by atoms with van der Waals surface area (Å²) in [5.41, 5.74) is 0. The van der Waals surface area contributed by atoms with E-state index in [1.54, 1.807) is 0 Å². The van der Waals surface area contributed by atoms with E-state index in [2.05, 4.69) is 0 Å². The van der Waals surface area contributed by atoms with Crippen molar-refractivity contribution < 1.29 is 37.1 Å². The monoisotopic (exact) mass is 347 g/mol. The van der Waals surface area contributed by atoms with Gasteiger partial charge in [0.1, 0.15) is 12.6 Å². The van der Waals surface area contributed by atoms with Gasteiger partial charge < -0.3 is 23.2 Å². The summed E-state index contributed by atoms with van der Waals surface area (Å²) in [5, 5.41) is 8.65. The van der Waals surface area contributed by atoms with Crippen molar-refractivity contribution in [3.63, 3.8) is 0 Å². The van der Waals surface area contributed by atoms with Crippen LogP contribution < -0.4 is 0 Å². The van der Waals surface area contributed by atoms with E-state index in [4.69, 9.17) is 23.2 Å². The van der Waals surface area contributed by atoms with Gasteiger partial charge in [-0.1, -0.05) is 0 Å². The summed E-state index contributed by atoms with van der Waals surface area (Å²) in [7, 11) is -1.76. The zero-order valence-electron chi connectivity index (χ0n) is 12.7. The van der Waals surface area contributed by atoms with E-state index in [-0.39, 0.29) is 32.0 Å². The molecule has 0 heterocycles. The normalized spacial score (nSPS) is 12.8. The van der Waals surface area contributed by atoms with Crippen molar-refractivity contribution in [2.75, 3.05) is 47.6 Å². The van der Waals surface area contributed by atoms with Gasteiger partial charge in [-0.25, -0.2) is 0 Å². The molecule has 0 saturated heterocycles. The van der Waals surface area contributed by atoms with Crippen molar-refractivity contribution in [1.29, 1.82) is 0 Å². The summed E-state index contributed by atoms with van der Waals surface area (Å²) in [4.78, 5) is 12.0. The Morgan fingerprint density at radius 2 is 1.33 bits per heavy atom. The van der Waals surface area contributed by atoms with Crippen molar-refractivity contribution in [2.45, 2.75) is 12.8 Å². The van der Waals surface area contributed by atoms with Crippen LogP contribution in [0.1, 0.15) is 12.8 Å². The van der Waals surface area contributed by atoms with E-state index in [0.717, 1.165) is 0 Å². The Balaban J connectivity index is 4.87. The quantitative estimate of drug-likeness (QED) is 0.530. The lowest BCUT2D eigenvalue weighted by Crippen LogP contribution is -2.29. The molecule has 126 valence electrons. The molecule has 0 bridgehead atoms. The number of rotatable bonds is 12. The lowest BCUT2D eigenvalue weighted by Gasteiger charge is -2.27. The van der Waals surface area contributed by atoms with Crippen molar-refractivity contribution in [3.05, 3.63) is 0 Å². The Hall–Kier alpha value is -0.270. The van der Waals surface area contributed by atoms with Crippen LogP contribution in [0.3, 0.4) is 0 Å². The summed E-state index contributed by atoms with van der Waals surface area (Å²) in [6.45, 7) is 0.236. The molecular weight excluding hydrogens is 324 g/mol. The molecule has 21 heavy (non-hydrogen) atoms. The molecule has 0 saturated carbocycles. The molecule has 0 atom stereocenters. The van der Waals surface area contributed by atoms with Crippen LogP contribution in [-0.2, 0) is 32.0 Å². The maximum absolute atomic E-state index is 12.1. The van der Waals surface area contributed by atoms with E-state index < -0.39 is 21.2 Å². The molecule has 0 aromatic heterocycles. The standard InChI is InChI=1S/C10H23NO8P2/c1-16-20(14,17-2)8-11(7-5-6-10(12)13)9-21(15,18-3)19-4/h5-9H2,1-4H3,(H,12,13). The molecule has 9 nitrogen and oxygen atoms in total. The first-order valence-electron chi connectivity index (χ1n) is 6.09. The third kappa shape index (κ3) is 8.07. The first kappa shape index (κ1) is 20.7. The molecular formula is C10H23NO8P2. The number of hydrogen-bond donors (Lipinski definition) is 1. The molecule has 0 fully saturated rings. The fourth-order valence-corrected chi connectivity index (χ4v) is 3.89. The van der Waals surface area contributed by atoms with Crippen LogP contribution in [0.4, 0.5) is 0 Å². The highest BCUT2D eigenvalue weighted by atomic mass is 31.2. The fraction of sp³-hybridized carbons (Fsp3) is 0.900. The molecule has 0 rings (SSSR count). The van der Waals surface area contributed by atoms with Crippen molar-refractivity contribution >= 4 is 21.2 Å². The topological polar surface area (TPSA) is 112 Å². The molecule has 1 N–H and O–H groups in total. The molecule has 0 aromatic rings. The smallest absolute Gasteiger partial charge is 0.344 e. The van der Waals surface area contributed by atoms with E-state index in [1.807, 2.05) is 0 Å². The average molecular weight is 347 g/mol. The van der Waals surface area contributed by atoms with Gasteiger partial charge in [-0.15, -0.1) is 0 Å². The van der Waals surface area contributed by atoms with E-state index in [1.165, 1.54) is 33.3 Å². The zero-order chi connectivity index (χ0) is 16.5. The Morgan fingerprint density at radius 1 is 0.952 bits per heavy atom. The lowest BCUT2D eigenvalue weighted by molar-refractivity contribution is -0.137. The third-order valence-electron chi connectivity index (χ3n) is 2.72. The van der Waals surface area contributed by atoms with Gasteiger partial charge in [-0.3, -0.25) is 18.8 Å². The second-order valence-corrected chi connectivity index (χ2v) is 8.60. The van der Waals surface area contributed by atoms with Crippen LogP contribution in [0.2, 0.25) is 0 Å². The van der Waals surface area contributed by atoms with Gasteiger partial charge in [-0.05, 0) is 6.42 Å². The lowest BCUT2D eigenvalue weighted by atomic mass is 10.3. The van der Waals surface area contributed by atoms with Crippen LogP contribution >= 0.6 is 15.2 Å². The molecule has 0 unspecified atom stereocenters. The molecule has 0 aromatic carbocycles. The number of hydrogen-bond acceptors (Lipinski definition) is 8. The second kappa shape index (κ2) is 9.69. The molecule has 0 spiro atoms. The highest BCUT2D eigenvalue weighted by molar-refractivity contribution is 7.54. The minimum atomic E-state index is -3.36. The Morgan fingerprint density at radius 3 is 1.62 bits per heavy atom. The molecule has 0 aliphatic rings. The van der Waals surface area contributed by atoms with Gasteiger partial charge >= 0.3 is 21.2 Å². The summed E-state index contributed by atoms with van der Waals surface area (Å²) < 4.78 is 43.6. The van der Waals surface area contributed by atoms with Crippen molar-refractivity contribution in [2.24, 2.45) is 0 Å². The predicted molar refractivity (Wildman–Crippen MR) is 76.6 cm³/mol. The van der Waals surface area contributed by atoms with Gasteiger partial charge in [0.25, 0.3) is 0 Å².